The van der Waals surface area contributed by atoms with Crippen molar-refractivity contribution in [1.29, 1.82) is 5.41 Å². The van der Waals surface area contributed by atoms with Gasteiger partial charge in [-0.2, -0.15) is 0 Å². The fourth-order valence-electron chi connectivity index (χ4n) is 4.42. The number of nitrogen functional groups attached to an aromatic ring is 1. The van der Waals surface area contributed by atoms with Gasteiger partial charge in [-0.25, -0.2) is 0 Å². The first kappa shape index (κ1) is 22.4. The number of amides is 1. The van der Waals surface area contributed by atoms with Crippen LogP contribution in [0.15, 0.2) is 91.0 Å². The second-order valence-corrected chi connectivity index (χ2v) is 8.60. The van der Waals surface area contributed by atoms with Gasteiger partial charge in [-0.3, -0.25) is 10.2 Å². The molecular formula is C29H26N4O2. The number of aliphatic hydroxyl groups excluding tert-OH is 1. The lowest BCUT2D eigenvalue weighted by molar-refractivity contribution is 0.0942. The smallest absolute Gasteiger partial charge is 0.268 e. The zero-order valence-corrected chi connectivity index (χ0v) is 19.2. The molecule has 174 valence electrons. The van der Waals surface area contributed by atoms with E-state index < -0.39 is 0 Å². The largest absolute Gasteiger partial charge is 0.392 e. The molecule has 1 heterocycles. The molecule has 0 spiro atoms. The number of hydrogen-bond donors (Lipinski definition) is 4. The third-order valence-electron chi connectivity index (χ3n) is 6.31. The van der Waals surface area contributed by atoms with Crippen molar-refractivity contribution < 1.29 is 9.90 Å². The number of carbonyl (C=O) groups is 1. The molecular weight excluding hydrogens is 436 g/mol. The molecule has 0 bridgehead atoms. The molecule has 5 aromatic rings. The summed E-state index contributed by atoms with van der Waals surface area (Å²) in [5.41, 5.74) is 10.6. The fraction of sp³-hybridized carbons (Fsp3) is 0.103. The lowest BCUT2D eigenvalue weighted by Crippen LogP contribution is -2.25. The Bertz CT molecular complexity index is 1550. The molecule has 4 aromatic carbocycles. The number of aliphatic hydroxyl groups is 1. The molecule has 0 saturated carbocycles. The third-order valence-corrected chi connectivity index (χ3v) is 6.31. The number of aromatic nitrogens is 1. The Hall–Kier alpha value is -4.42. The normalized spacial score (nSPS) is 11.1. The molecule has 0 fully saturated rings. The Balaban J connectivity index is 1.54. The van der Waals surface area contributed by atoms with Crippen LogP contribution in [-0.2, 0) is 19.7 Å². The highest BCUT2D eigenvalue weighted by Crippen LogP contribution is 2.26. The van der Waals surface area contributed by atoms with Gasteiger partial charge in [-0.05, 0) is 39.6 Å². The van der Waals surface area contributed by atoms with Crippen LogP contribution >= 0.6 is 0 Å². The van der Waals surface area contributed by atoms with Crippen molar-refractivity contribution in [2.24, 2.45) is 5.73 Å². The summed E-state index contributed by atoms with van der Waals surface area (Å²) in [6.45, 7) is 0.863. The van der Waals surface area contributed by atoms with Gasteiger partial charge in [0.25, 0.3) is 5.91 Å². The molecule has 5 rings (SSSR count). The number of nitrogens with one attached hydrogen (secondary N) is 2. The molecule has 1 amide bonds. The Labute approximate surface area is 203 Å². The van der Waals surface area contributed by atoms with E-state index in [4.69, 9.17) is 11.1 Å². The minimum atomic E-state index is -0.183. The summed E-state index contributed by atoms with van der Waals surface area (Å²) in [5.74, 6) is -0.195. The summed E-state index contributed by atoms with van der Waals surface area (Å²) < 4.78 is 1.99. The molecule has 6 nitrogen and oxygen atoms in total. The highest BCUT2D eigenvalue weighted by atomic mass is 16.3. The summed E-state index contributed by atoms with van der Waals surface area (Å²) >= 11 is 0. The van der Waals surface area contributed by atoms with Crippen LogP contribution in [0.2, 0.25) is 0 Å². The maximum absolute atomic E-state index is 13.4. The Kier molecular flexibility index (Phi) is 6.04. The Morgan fingerprint density at radius 2 is 1.63 bits per heavy atom. The molecule has 0 atom stereocenters. The lowest BCUT2D eigenvalue weighted by Gasteiger charge is -2.14. The monoisotopic (exact) mass is 462 g/mol. The number of amidine groups is 1. The van der Waals surface area contributed by atoms with Crippen LogP contribution in [0.3, 0.4) is 0 Å². The molecule has 0 aliphatic heterocycles. The molecule has 1 aromatic heterocycles. The first-order valence-electron chi connectivity index (χ1n) is 11.4. The second-order valence-electron chi connectivity index (χ2n) is 8.60. The van der Waals surface area contributed by atoms with Gasteiger partial charge in [0.05, 0.1) is 6.61 Å². The third kappa shape index (κ3) is 4.52. The molecule has 0 radical (unpaired) electrons. The van der Waals surface area contributed by atoms with E-state index in [0.29, 0.717) is 24.3 Å². The molecule has 0 saturated heterocycles. The van der Waals surface area contributed by atoms with Crippen molar-refractivity contribution in [2.75, 3.05) is 0 Å². The Morgan fingerprint density at radius 1 is 0.886 bits per heavy atom. The van der Waals surface area contributed by atoms with E-state index >= 15 is 0 Å². The van der Waals surface area contributed by atoms with Gasteiger partial charge in [0.15, 0.2) is 0 Å². The zero-order chi connectivity index (χ0) is 24.4. The predicted octanol–water partition coefficient (Wildman–Crippen LogP) is 4.55. The van der Waals surface area contributed by atoms with Crippen molar-refractivity contribution >= 4 is 33.4 Å². The van der Waals surface area contributed by atoms with Crippen LogP contribution in [0.5, 0.6) is 0 Å². The van der Waals surface area contributed by atoms with Crippen molar-refractivity contribution in [3.05, 3.63) is 119 Å². The predicted molar refractivity (Wildman–Crippen MR) is 140 cm³/mol. The van der Waals surface area contributed by atoms with E-state index in [1.54, 1.807) is 6.07 Å². The van der Waals surface area contributed by atoms with Crippen molar-refractivity contribution in [2.45, 2.75) is 19.7 Å². The van der Waals surface area contributed by atoms with Crippen molar-refractivity contribution in [3.8, 4) is 0 Å². The highest BCUT2D eigenvalue weighted by Gasteiger charge is 2.17. The van der Waals surface area contributed by atoms with E-state index in [9.17, 15) is 9.90 Å². The van der Waals surface area contributed by atoms with Gasteiger partial charge < -0.3 is 20.7 Å². The summed E-state index contributed by atoms with van der Waals surface area (Å²) in [5, 5.41) is 23.3. The minimum absolute atomic E-state index is 0.0108. The highest BCUT2D eigenvalue weighted by molar-refractivity contribution is 6.02. The fourth-order valence-corrected chi connectivity index (χ4v) is 4.42. The van der Waals surface area contributed by atoms with Crippen LogP contribution in [0.1, 0.15) is 32.7 Å². The summed E-state index contributed by atoms with van der Waals surface area (Å²) in [7, 11) is 0. The number of hydrogen-bond acceptors (Lipinski definition) is 3. The van der Waals surface area contributed by atoms with Gasteiger partial charge in [0, 0.05) is 29.6 Å². The number of rotatable bonds is 7. The molecule has 0 unspecified atom stereocenters. The standard InChI is InChI=1S/C29H26N4O2/c30-28(31)23-13-12-22-14-27(29(35)32-16-19-8-10-20(18-34)11-9-19)33(26(22)15-23)17-24-6-3-5-21-4-1-2-7-25(21)24/h1-15,34H,16-18H2,(H3,30,31)(H,32,35). The number of carbonyl (C=O) groups excluding carboxylic acids is 1. The Morgan fingerprint density at radius 3 is 2.40 bits per heavy atom. The van der Waals surface area contributed by atoms with Gasteiger partial charge >= 0.3 is 0 Å². The average molecular weight is 463 g/mol. The van der Waals surface area contributed by atoms with Crippen LogP contribution in [0, 0.1) is 5.41 Å². The first-order valence-corrected chi connectivity index (χ1v) is 11.4. The maximum Gasteiger partial charge on any atom is 0.268 e. The summed E-state index contributed by atoms with van der Waals surface area (Å²) in [6, 6.07) is 29.3. The number of benzene rings is 4. The average Bonchev–Trinajstić information content (AvgIpc) is 3.25. The number of nitrogens with zero attached hydrogens (tertiary/aromatic N) is 1. The van der Waals surface area contributed by atoms with E-state index in [1.165, 1.54) is 0 Å². The second kappa shape index (κ2) is 9.44. The zero-order valence-electron chi connectivity index (χ0n) is 19.2. The molecule has 0 aliphatic carbocycles. The maximum atomic E-state index is 13.4. The van der Waals surface area contributed by atoms with E-state index in [0.717, 1.165) is 38.4 Å². The van der Waals surface area contributed by atoms with Gasteiger partial charge in [0.2, 0.25) is 0 Å². The van der Waals surface area contributed by atoms with E-state index in [2.05, 4.69) is 29.6 Å². The molecule has 35 heavy (non-hydrogen) atoms. The SMILES string of the molecule is N=C(N)c1ccc2cc(C(=O)NCc3ccc(CO)cc3)n(Cc3cccc4ccccc34)c2c1. The molecule has 5 N–H and O–H groups in total. The molecule has 0 aliphatic rings. The van der Waals surface area contributed by atoms with Gasteiger partial charge in [0.1, 0.15) is 11.5 Å². The van der Waals surface area contributed by atoms with Gasteiger partial charge in [-0.1, -0.05) is 78.9 Å². The minimum Gasteiger partial charge on any atom is -0.392 e. The van der Waals surface area contributed by atoms with Crippen LogP contribution in [-0.4, -0.2) is 21.4 Å². The van der Waals surface area contributed by atoms with Crippen LogP contribution in [0.4, 0.5) is 0 Å². The van der Waals surface area contributed by atoms with Crippen LogP contribution < -0.4 is 11.1 Å². The van der Waals surface area contributed by atoms with Crippen molar-refractivity contribution in [1.82, 2.24) is 9.88 Å². The van der Waals surface area contributed by atoms with E-state index in [1.807, 2.05) is 65.2 Å². The van der Waals surface area contributed by atoms with E-state index in [-0.39, 0.29) is 18.3 Å². The number of fused-ring (bicyclic) bond motifs is 2. The summed E-state index contributed by atoms with van der Waals surface area (Å²) in [4.78, 5) is 13.4. The lowest BCUT2D eigenvalue weighted by atomic mass is 10.0. The van der Waals surface area contributed by atoms with Gasteiger partial charge in [-0.15, -0.1) is 0 Å². The topological polar surface area (TPSA) is 104 Å². The first-order chi connectivity index (χ1) is 17.0. The van der Waals surface area contributed by atoms with Crippen LogP contribution in [0.25, 0.3) is 21.7 Å². The van der Waals surface area contributed by atoms with Crippen molar-refractivity contribution in [3.63, 3.8) is 0 Å². The summed E-state index contributed by atoms with van der Waals surface area (Å²) in [6.07, 6.45) is 0. The quantitative estimate of drug-likeness (QED) is 0.211. The molecule has 6 heteroatoms. The number of nitrogens with two attached hydrogens (primary N) is 1.